The minimum Gasteiger partial charge on any atom is -0.350 e. The van der Waals surface area contributed by atoms with Gasteiger partial charge in [0.1, 0.15) is 5.69 Å². The Kier molecular flexibility index (Phi) is 3.74. The van der Waals surface area contributed by atoms with Crippen LogP contribution in [0.2, 0.25) is 0 Å². The summed E-state index contributed by atoms with van der Waals surface area (Å²) in [7, 11) is 1.88. The lowest BCUT2D eigenvalue weighted by molar-refractivity contribution is -0.120. The van der Waals surface area contributed by atoms with Gasteiger partial charge >= 0.3 is 0 Å². The Labute approximate surface area is 145 Å². The number of likely N-dealkylation sites (tertiary alicyclic amines) is 1. The molecule has 4 rings (SSSR count). The zero-order valence-corrected chi connectivity index (χ0v) is 14.1. The molecule has 2 saturated heterocycles. The summed E-state index contributed by atoms with van der Waals surface area (Å²) in [6, 6.07) is 0. The zero-order valence-electron chi connectivity index (χ0n) is 14.1. The quantitative estimate of drug-likeness (QED) is 0.859. The highest BCUT2D eigenvalue weighted by Gasteiger charge is 2.49. The fourth-order valence-electron chi connectivity index (χ4n) is 4.01. The molecule has 0 aromatic carbocycles. The van der Waals surface area contributed by atoms with Crippen LogP contribution in [0.3, 0.4) is 0 Å². The first kappa shape index (κ1) is 15.7. The van der Waals surface area contributed by atoms with Crippen LogP contribution in [-0.4, -0.2) is 55.1 Å². The fourth-order valence-corrected chi connectivity index (χ4v) is 4.01. The standard InChI is InChI=1S/C17H20N6O2/c1-22-11-12(9-20-22)13-8-15(24)21-17(13)2-6-23(7-3-17)16(25)14-10-18-4-5-19-14/h4-5,9-11,13H,2-3,6-8H2,1H3,(H,21,24)/t13-/m0/s1. The molecule has 1 atom stereocenters. The molecular formula is C17H20N6O2. The van der Waals surface area contributed by atoms with E-state index in [1.165, 1.54) is 12.4 Å². The van der Waals surface area contributed by atoms with Gasteiger partial charge in [-0.1, -0.05) is 0 Å². The van der Waals surface area contributed by atoms with Gasteiger partial charge in [0.15, 0.2) is 0 Å². The molecule has 8 nitrogen and oxygen atoms in total. The Morgan fingerprint density at radius 1 is 1.28 bits per heavy atom. The van der Waals surface area contributed by atoms with Crippen molar-refractivity contribution in [1.29, 1.82) is 0 Å². The molecule has 2 aromatic rings. The van der Waals surface area contributed by atoms with Gasteiger partial charge in [-0.15, -0.1) is 0 Å². The predicted molar refractivity (Wildman–Crippen MR) is 88.6 cm³/mol. The minimum absolute atomic E-state index is 0.0718. The van der Waals surface area contributed by atoms with E-state index in [0.29, 0.717) is 25.2 Å². The van der Waals surface area contributed by atoms with Crippen molar-refractivity contribution >= 4 is 11.8 Å². The van der Waals surface area contributed by atoms with Crippen LogP contribution in [0, 0.1) is 0 Å². The van der Waals surface area contributed by atoms with Crippen molar-refractivity contribution in [1.82, 2.24) is 30.0 Å². The summed E-state index contributed by atoms with van der Waals surface area (Å²) in [4.78, 5) is 34.5. The van der Waals surface area contributed by atoms with Crippen molar-refractivity contribution in [3.63, 3.8) is 0 Å². The van der Waals surface area contributed by atoms with Gasteiger partial charge in [0, 0.05) is 51.1 Å². The Morgan fingerprint density at radius 3 is 2.72 bits per heavy atom. The van der Waals surface area contributed by atoms with Gasteiger partial charge in [0.2, 0.25) is 5.91 Å². The minimum atomic E-state index is -0.292. The molecule has 0 bridgehead atoms. The van der Waals surface area contributed by atoms with Crippen molar-refractivity contribution in [3.8, 4) is 0 Å². The highest BCUT2D eigenvalue weighted by atomic mass is 16.2. The van der Waals surface area contributed by atoms with Gasteiger partial charge in [0.25, 0.3) is 5.91 Å². The van der Waals surface area contributed by atoms with E-state index in [4.69, 9.17) is 0 Å². The molecule has 8 heteroatoms. The Bertz CT molecular complexity index is 794. The van der Waals surface area contributed by atoms with Gasteiger partial charge in [-0.3, -0.25) is 19.3 Å². The average Bonchev–Trinajstić information content (AvgIpc) is 3.19. The summed E-state index contributed by atoms with van der Waals surface area (Å²) in [5.74, 6) is 0.0650. The van der Waals surface area contributed by atoms with E-state index in [2.05, 4.69) is 20.4 Å². The van der Waals surface area contributed by atoms with E-state index >= 15 is 0 Å². The van der Waals surface area contributed by atoms with Crippen LogP contribution in [-0.2, 0) is 11.8 Å². The maximum Gasteiger partial charge on any atom is 0.274 e. The maximum atomic E-state index is 12.5. The molecule has 2 aliphatic rings. The van der Waals surface area contributed by atoms with Crippen LogP contribution in [0.25, 0.3) is 0 Å². The number of rotatable bonds is 2. The van der Waals surface area contributed by atoms with E-state index in [-0.39, 0.29) is 23.3 Å². The zero-order chi connectivity index (χ0) is 17.4. The highest BCUT2D eigenvalue weighted by molar-refractivity contribution is 5.92. The Morgan fingerprint density at radius 2 is 2.08 bits per heavy atom. The smallest absolute Gasteiger partial charge is 0.274 e. The summed E-state index contributed by atoms with van der Waals surface area (Å²) in [6.07, 6.45) is 10.3. The number of hydrogen-bond donors (Lipinski definition) is 1. The van der Waals surface area contributed by atoms with Gasteiger partial charge in [-0.25, -0.2) is 4.98 Å². The predicted octanol–water partition coefficient (Wildman–Crippen LogP) is 0.489. The lowest BCUT2D eigenvalue weighted by Crippen LogP contribution is -2.54. The molecule has 2 amide bonds. The third-order valence-corrected chi connectivity index (χ3v) is 5.30. The molecule has 0 saturated carbocycles. The molecule has 130 valence electrons. The molecule has 1 N–H and O–H groups in total. The topological polar surface area (TPSA) is 93.0 Å². The summed E-state index contributed by atoms with van der Waals surface area (Å²) in [5, 5.41) is 7.43. The van der Waals surface area contributed by atoms with Crippen molar-refractivity contribution in [2.24, 2.45) is 7.05 Å². The molecule has 2 aliphatic heterocycles. The summed E-state index contributed by atoms with van der Waals surface area (Å²) in [6.45, 7) is 1.18. The van der Waals surface area contributed by atoms with Gasteiger partial charge in [-0.2, -0.15) is 5.10 Å². The second-order valence-electron chi connectivity index (χ2n) is 6.79. The number of aryl methyl sites for hydroxylation is 1. The summed E-state index contributed by atoms with van der Waals surface area (Å²) < 4.78 is 1.76. The van der Waals surface area contributed by atoms with Crippen molar-refractivity contribution in [2.45, 2.75) is 30.7 Å². The number of aromatic nitrogens is 4. The SMILES string of the molecule is Cn1cc([C@@H]2CC(=O)NC23CCN(C(=O)c2cnccn2)CC3)cn1. The van der Waals surface area contributed by atoms with E-state index in [9.17, 15) is 9.59 Å². The third-order valence-electron chi connectivity index (χ3n) is 5.30. The average molecular weight is 340 g/mol. The molecule has 2 aromatic heterocycles. The van der Waals surface area contributed by atoms with Crippen LogP contribution < -0.4 is 5.32 Å². The van der Waals surface area contributed by atoms with E-state index in [1.807, 2.05) is 19.4 Å². The molecule has 25 heavy (non-hydrogen) atoms. The first-order valence-corrected chi connectivity index (χ1v) is 8.42. The van der Waals surface area contributed by atoms with Crippen molar-refractivity contribution < 1.29 is 9.59 Å². The maximum absolute atomic E-state index is 12.5. The fraction of sp³-hybridized carbons (Fsp3) is 0.471. The number of nitrogens with zero attached hydrogens (tertiary/aromatic N) is 5. The monoisotopic (exact) mass is 340 g/mol. The van der Waals surface area contributed by atoms with Crippen LogP contribution in [0.15, 0.2) is 31.0 Å². The highest BCUT2D eigenvalue weighted by Crippen LogP contribution is 2.43. The van der Waals surface area contributed by atoms with Crippen molar-refractivity contribution in [3.05, 3.63) is 42.2 Å². The molecule has 4 heterocycles. The number of hydrogen-bond acceptors (Lipinski definition) is 5. The van der Waals surface area contributed by atoms with Gasteiger partial charge in [-0.05, 0) is 18.4 Å². The van der Waals surface area contributed by atoms with Crippen LogP contribution in [0.1, 0.15) is 41.2 Å². The second kappa shape index (κ2) is 5.94. The molecule has 1 spiro atoms. The van der Waals surface area contributed by atoms with Gasteiger partial charge < -0.3 is 10.2 Å². The summed E-state index contributed by atoms with van der Waals surface area (Å²) in [5.41, 5.74) is 1.14. The van der Waals surface area contributed by atoms with E-state index in [0.717, 1.165) is 18.4 Å². The van der Waals surface area contributed by atoms with Gasteiger partial charge in [0.05, 0.1) is 17.9 Å². The Balaban J connectivity index is 1.51. The number of piperidine rings is 1. The first-order chi connectivity index (χ1) is 12.1. The lowest BCUT2D eigenvalue weighted by Gasteiger charge is -2.42. The van der Waals surface area contributed by atoms with Crippen LogP contribution in [0.5, 0.6) is 0 Å². The molecule has 0 radical (unpaired) electrons. The molecule has 0 unspecified atom stereocenters. The molecular weight excluding hydrogens is 320 g/mol. The lowest BCUT2D eigenvalue weighted by atomic mass is 9.75. The van der Waals surface area contributed by atoms with E-state index in [1.54, 1.807) is 15.8 Å². The first-order valence-electron chi connectivity index (χ1n) is 8.42. The number of nitrogens with one attached hydrogen (secondary N) is 1. The largest absolute Gasteiger partial charge is 0.350 e. The van der Waals surface area contributed by atoms with E-state index < -0.39 is 0 Å². The number of carbonyl (C=O) groups excluding carboxylic acids is 2. The molecule has 0 aliphatic carbocycles. The normalized spacial score (nSPS) is 22.2. The number of amides is 2. The third kappa shape index (κ3) is 2.77. The Hall–Kier alpha value is -2.77. The van der Waals surface area contributed by atoms with Crippen molar-refractivity contribution in [2.75, 3.05) is 13.1 Å². The second-order valence-corrected chi connectivity index (χ2v) is 6.79. The van der Waals surface area contributed by atoms with Crippen LogP contribution >= 0.6 is 0 Å². The van der Waals surface area contributed by atoms with Crippen LogP contribution in [0.4, 0.5) is 0 Å². The number of carbonyl (C=O) groups is 2. The molecule has 2 fully saturated rings. The summed E-state index contributed by atoms with van der Waals surface area (Å²) >= 11 is 0.